The van der Waals surface area contributed by atoms with Crippen LogP contribution in [0.3, 0.4) is 0 Å². The molecule has 0 bridgehead atoms. The van der Waals surface area contributed by atoms with Crippen molar-refractivity contribution in [1.82, 2.24) is 14.8 Å². The lowest BCUT2D eigenvalue weighted by Crippen LogP contribution is -2.12. The van der Waals surface area contributed by atoms with E-state index in [1.54, 1.807) is 47.3 Å². The van der Waals surface area contributed by atoms with Crippen molar-refractivity contribution in [2.45, 2.75) is 6.92 Å². The fourth-order valence-electron chi connectivity index (χ4n) is 2.93. The molecule has 1 N–H and O–H groups in total. The summed E-state index contributed by atoms with van der Waals surface area (Å²) in [4.78, 5) is 16.8. The molecular weight excluding hydrogens is 415 g/mol. The normalized spacial score (nSPS) is 10.8. The van der Waals surface area contributed by atoms with Crippen LogP contribution in [0.25, 0.3) is 17.3 Å². The van der Waals surface area contributed by atoms with Crippen molar-refractivity contribution in [3.8, 4) is 23.3 Å². The molecule has 9 heteroatoms. The van der Waals surface area contributed by atoms with Gasteiger partial charge in [-0.1, -0.05) is 0 Å². The second-order valence-corrected chi connectivity index (χ2v) is 6.66. The number of benzene rings is 2. The fraction of sp³-hybridized carbons (Fsp3) is 0.174. The number of amides is 1. The molecule has 8 nitrogen and oxygen atoms in total. The first kappa shape index (κ1) is 21.3. The molecule has 2 aromatic carbocycles. The Kier molecular flexibility index (Phi) is 6.57. The SMILES string of the molecule is CCOCCOc1nc(-c2ccco2)n(-c2ccc(NC(=O)c3ccc(F)cc3)cc2)n1. The summed E-state index contributed by atoms with van der Waals surface area (Å²) in [6.07, 6.45) is 1.55. The van der Waals surface area contributed by atoms with Gasteiger partial charge in [-0.05, 0) is 67.6 Å². The molecule has 0 spiro atoms. The number of carbonyl (C=O) groups excluding carboxylic acids is 1. The minimum Gasteiger partial charge on any atom is -0.461 e. The highest BCUT2D eigenvalue weighted by molar-refractivity contribution is 6.04. The number of rotatable bonds is 9. The predicted octanol–water partition coefficient (Wildman–Crippen LogP) is 4.33. The van der Waals surface area contributed by atoms with Crippen LogP contribution in [0.5, 0.6) is 6.01 Å². The number of hydrogen-bond donors (Lipinski definition) is 1. The van der Waals surface area contributed by atoms with E-state index in [9.17, 15) is 9.18 Å². The summed E-state index contributed by atoms with van der Waals surface area (Å²) in [6, 6.07) is 16.1. The fourth-order valence-corrected chi connectivity index (χ4v) is 2.93. The standard InChI is InChI=1S/C23H21FN4O4/c1-2-30-14-15-32-23-26-21(20-4-3-13-31-20)28(27-23)19-11-9-18(10-12-19)25-22(29)16-5-7-17(24)8-6-16/h3-13H,2,14-15H2,1H3,(H,25,29). The molecule has 0 saturated carbocycles. The third kappa shape index (κ3) is 5.01. The zero-order valence-electron chi connectivity index (χ0n) is 17.3. The molecule has 0 aliphatic carbocycles. The summed E-state index contributed by atoms with van der Waals surface area (Å²) in [5.74, 6) is 0.280. The first-order valence-electron chi connectivity index (χ1n) is 10.0. The van der Waals surface area contributed by atoms with Gasteiger partial charge in [0, 0.05) is 17.9 Å². The van der Waals surface area contributed by atoms with Gasteiger partial charge in [-0.25, -0.2) is 9.07 Å². The number of hydrogen-bond acceptors (Lipinski definition) is 6. The Labute approximate surface area is 183 Å². The van der Waals surface area contributed by atoms with E-state index >= 15 is 0 Å². The third-order valence-electron chi connectivity index (χ3n) is 4.47. The number of nitrogens with zero attached hydrogens (tertiary/aromatic N) is 3. The molecule has 0 aliphatic heterocycles. The van der Waals surface area contributed by atoms with E-state index in [4.69, 9.17) is 13.9 Å². The smallest absolute Gasteiger partial charge is 0.336 e. The maximum absolute atomic E-state index is 13.1. The Morgan fingerprint density at radius 2 is 1.88 bits per heavy atom. The van der Waals surface area contributed by atoms with Gasteiger partial charge in [-0.2, -0.15) is 4.98 Å². The second-order valence-electron chi connectivity index (χ2n) is 6.66. The average Bonchev–Trinajstić information content (AvgIpc) is 3.48. The van der Waals surface area contributed by atoms with Gasteiger partial charge in [0.2, 0.25) is 5.82 Å². The van der Waals surface area contributed by atoms with Gasteiger partial charge in [-0.3, -0.25) is 4.79 Å². The average molecular weight is 436 g/mol. The lowest BCUT2D eigenvalue weighted by atomic mass is 10.2. The summed E-state index contributed by atoms with van der Waals surface area (Å²) in [5.41, 5.74) is 1.64. The summed E-state index contributed by atoms with van der Waals surface area (Å²) in [6.45, 7) is 3.27. The minimum absolute atomic E-state index is 0.199. The van der Waals surface area contributed by atoms with E-state index in [2.05, 4.69) is 15.4 Å². The second kappa shape index (κ2) is 9.88. The van der Waals surface area contributed by atoms with Gasteiger partial charge in [0.05, 0.1) is 18.6 Å². The molecule has 2 heterocycles. The van der Waals surface area contributed by atoms with Crippen LogP contribution in [-0.4, -0.2) is 40.5 Å². The van der Waals surface area contributed by atoms with Crippen molar-refractivity contribution in [2.24, 2.45) is 0 Å². The zero-order chi connectivity index (χ0) is 22.3. The Hall–Kier alpha value is -3.98. The number of halogens is 1. The minimum atomic E-state index is -0.396. The zero-order valence-corrected chi connectivity index (χ0v) is 17.3. The van der Waals surface area contributed by atoms with Crippen LogP contribution in [0.1, 0.15) is 17.3 Å². The van der Waals surface area contributed by atoms with Gasteiger partial charge in [-0.15, -0.1) is 5.10 Å². The van der Waals surface area contributed by atoms with Gasteiger partial charge in [0.15, 0.2) is 5.76 Å². The molecule has 0 atom stereocenters. The lowest BCUT2D eigenvalue weighted by molar-refractivity contribution is 0.102. The van der Waals surface area contributed by atoms with Crippen molar-refractivity contribution in [3.05, 3.63) is 78.3 Å². The molecule has 4 rings (SSSR count). The first-order valence-corrected chi connectivity index (χ1v) is 10.0. The van der Waals surface area contributed by atoms with Crippen molar-refractivity contribution < 1.29 is 23.1 Å². The van der Waals surface area contributed by atoms with Gasteiger partial charge < -0.3 is 19.2 Å². The highest BCUT2D eigenvalue weighted by Gasteiger charge is 2.17. The Bertz CT molecular complexity index is 1160. The maximum Gasteiger partial charge on any atom is 0.336 e. The van der Waals surface area contributed by atoms with E-state index in [1.807, 2.05) is 6.92 Å². The van der Waals surface area contributed by atoms with Crippen LogP contribution in [-0.2, 0) is 4.74 Å². The molecule has 32 heavy (non-hydrogen) atoms. The van der Waals surface area contributed by atoms with Crippen LogP contribution < -0.4 is 10.1 Å². The van der Waals surface area contributed by atoms with Gasteiger partial charge in [0.25, 0.3) is 5.91 Å². The van der Waals surface area contributed by atoms with E-state index in [-0.39, 0.29) is 11.9 Å². The van der Waals surface area contributed by atoms with E-state index in [0.29, 0.717) is 48.3 Å². The van der Waals surface area contributed by atoms with E-state index in [1.165, 1.54) is 24.3 Å². The van der Waals surface area contributed by atoms with E-state index < -0.39 is 5.82 Å². The Morgan fingerprint density at radius 1 is 1.09 bits per heavy atom. The maximum atomic E-state index is 13.1. The van der Waals surface area contributed by atoms with Gasteiger partial charge >= 0.3 is 6.01 Å². The number of nitrogens with one attached hydrogen (secondary N) is 1. The van der Waals surface area contributed by atoms with Crippen molar-refractivity contribution >= 4 is 11.6 Å². The van der Waals surface area contributed by atoms with Gasteiger partial charge in [0.1, 0.15) is 12.4 Å². The van der Waals surface area contributed by atoms with Crippen molar-refractivity contribution in [2.75, 3.05) is 25.1 Å². The molecule has 164 valence electrons. The highest BCUT2D eigenvalue weighted by atomic mass is 19.1. The monoisotopic (exact) mass is 436 g/mol. The molecule has 0 fully saturated rings. The molecule has 0 radical (unpaired) electrons. The van der Waals surface area contributed by atoms with Crippen LogP contribution in [0.15, 0.2) is 71.3 Å². The van der Waals surface area contributed by atoms with Crippen LogP contribution in [0.4, 0.5) is 10.1 Å². The molecule has 0 saturated heterocycles. The first-order chi connectivity index (χ1) is 15.6. The number of carbonyl (C=O) groups is 1. The summed E-state index contributed by atoms with van der Waals surface area (Å²) >= 11 is 0. The Balaban J connectivity index is 1.52. The predicted molar refractivity (Wildman–Crippen MR) is 115 cm³/mol. The number of anilines is 1. The molecule has 0 aliphatic rings. The van der Waals surface area contributed by atoms with Crippen LogP contribution >= 0.6 is 0 Å². The quantitative estimate of drug-likeness (QED) is 0.393. The summed E-state index contributed by atoms with van der Waals surface area (Å²) in [7, 11) is 0. The van der Waals surface area contributed by atoms with Crippen LogP contribution in [0, 0.1) is 5.82 Å². The topological polar surface area (TPSA) is 91.4 Å². The van der Waals surface area contributed by atoms with E-state index in [0.717, 1.165) is 0 Å². The molecular formula is C23H21FN4O4. The lowest BCUT2D eigenvalue weighted by Gasteiger charge is -2.08. The van der Waals surface area contributed by atoms with Crippen molar-refractivity contribution in [1.29, 1.82) is 0 Å². The largest absolute Gasteiger partial charge is 0.461 e. The molecule has 4 aromatic rings. The summed E-state index contributed by atoms with van der Waals surface area (Å²) < 4.78 is 31.0. The number of aromatic nitrogens is 3. The number of ether oxygens (including phenoxy) is 2. The molecule has 1 amide bonds. The van der Waals surface area contributed by atoms with Crippen molar-refractivity contribution in [3.63, 3.8) is 0 Å². The highest BCUT2D eigenvalue weighted by Crippen LogP contribution is 2.25. The molecule has 0 unspecified atom stereocenters. The number of furan rings is 1. The third-order valence-corrected chi connectivity index (χ3v) is 4.47. The Morgan fingerprint density at radius 3 is 2.56 bits per heavy atom. The van der Waals surface area contributed by atoms with Crippen LogP contribution in [0.2, 0.25) is 0 Å². The summed E-state index contributed by atoms with van der Waals surface area (Å²) in [5, 5.41) is 7.21. The molecule has 2 aromatic heterocycles.